The largest absolute Gasteiger partial charge is 0.300 e. The average Bonchev–Trinajstić information content (AvgIpc) is 2.19. The second-order valence-corrected chi connectivity index (χ2v) is 2.83. The molecule has 1 aromatic carbocycles. The van der Waals surface area contributed by atoms with Gasteiger partial charge in [-0.15, -0.1) is 0 Å². The summed E-state index contributed by atoms with van der Waals surface area (Å²) in [6, 6.07) is 8.43. The minimum Gasteiger partial charge on any atom is -0.300 e. The minimum absolute atomic E-state index is 0.454. The van der Waals surface area contributed by atoms with Gasteiger partial charge in [0.25, 0.3) is 0 Å². The first-order valence-corrected chi connectivity index (χ1v) is 4.44. The maximum Gasteiger partial charge on any atom is 0.0864 e. The normalized spacial score (nSPS) is 10.9. The van der Waals surface area contributed by atoms with E-state index in [1.807, 2.05) is 12.2 Å². The van der Waals surface area contributed by atoms with Gasteiger partial charge in [0.05, 0.1) is 6.61 Å². The van der Waals surface area contributed by atoms with Crippen molar-refractivity contribution in [2.24, 2.45) is 5.90 Å². The summed E-state index contributed by atoms with van der Waals surface area (Å²) >= 11 is 0. The summed E-state index contributed by atoms with van der Waals surface area (Å²) in [6.07, 6.45) is 4.96. The molecule has 0 unspecified atom stereocenters. The first kappa shape index (κ1) is 9.96. The van der Waals surface area contributed by atoms with Crippen LogP contribution in [0.15, 0.2) is 30.3 Å². The lowest BCUT2D eigenvalue weighted by atomic mass is 10.1. The summed E-state index contributed by atoms with van der Waals surface area (Å²) in [5.41, 5.74) is 2.53. The molecule has 0 aliphatic heterocycles. The molecule has 0 radical (unpaired) electrons. The molecule has 2 heteroatoms. The number of hydrogen-bond acceptors (Lipinski definition) is 2. The SMILES string of the molecule is CCc1ccc(/C=C/CON)cc1. The molecule has 0 bridgehead atoms. The van der Waals surface area contributed by atoms with E-state index >= 15 is 0 Å². The predicted molar refractivity (Wildman–Crippen MR) is 55.0 cm³/mol. The molecular weight excluding hydrogens is 162 g/mol. The summed E-state index contributed by atoms with van der Waals surface area (Å²) in [7, 11) is 0. The van der Waals surface area contributed by atoms with E-state index in [0.717, 1.165) is 6.42 Å². The highest BCUT2D eigenvalue weighted by atomic mass is 16.6. The summed E-state index contributed by atoms with van der Waals surface area (Å²) in [5.74, 6) is 4.89. The zero-order valence-corrected chi connectivity index (χ0v) is 7.86. The van der Waals surface area contributed by atoms with Crippen molar-refractivity contribution in [2.75, 3.05) is 6.61 Å². The standard InChI is InChI=1S/C11H15NO/c1-2-10-5-7-11(8-6-10)4-3-9-13-12/h3-8H,2,9,12H2,1H3/b4-3+. The van der Waals surface area contributed by atoms with E-state index in [2.05, 4.69) is 36.0 Å². The Morgan fingerprint density at radius 1 is 1.31 bits per heavy atom. The van der Waals surface area contributed by atoms with Gasteiger partial charge in [-0.05, 0) is 17.5 Å². The van der Waals surface area contributed by atoms with Gasteiger partial charge in [0, 0.05) is 0 Å². The van der Waals surface area contributed by atoms with Gasteiger partial charge in [0.1, 0.15) is 0 Å². The molecule has 0 amide bonds. The number of rotatable bonds is 4. The van der Waals surface area contributed by atoms with Crippen molar-refractivity contribution in [3.05, 3.63) is 41.5 Å². The molecule has 0 saturated carbocycles. The molecule has 0 aromatic heterocycles. The van der Waals surface area contributed by atoms with E-state index in [9.17, 15) is 0 Å². The van der Waals surface area contributed by atoms with E-state index in [4.69, 9.17) is 5.90 Å². The van der Waals surface area contributed by atoms with E-state index in [0.29, 0.717) is 6.61 Å². The van der Waals surface area contributed by atoms with Crippen molar-refractivity contribution < 1.29 is 4.84 Å². The van der Waals surface area contributed by atoms with Crippen LogP contribution in [0.3, 0.4) is 0 Å². The summed E-state index contributed by atoms with van der Waals surface area (Å²) < 4.78 is 0. The Morgan fingerprint density at radius 3 is 2.54 bits per heavy atom. The predicted octanol–water partition coefficient (Wildman–Crippen LogP) is 2.15. The fourth-order valence-electron chi connectivity index (χ4n) is 1.10. The molecule has 0 heterocycles. The Labute approximate surface area is 79.0 Å². The molecule has 0 saturated heterocycles. The van der Waals surface area contributed by atoms with Gasteiger partial charge in [-0.2, -0.15) is 0 Å². The third kappa shape index (κ3) is 3.40. The van der Waals surface area contributed by atoms with Crippen molar-refractivity contribution in [3.8, 4) is 0 Å². The van der Waals surface area contributed by atoms with Crippen LogP contribution < -0.4 is 5.90 Å². The number of nitrogens with two attached hydrogens (primary N) is 1. The van der Waals surface area contributed by atoms with E-state index in [1.165, 1.54) is 11.1 Å². The van der Waals surface area contributed by atoms with Gasteiger partial charge in [-0.25, -0.2) is 5.90 Å². The maximum atomic E-state index is 4.89. The third-order valence-corrected chi connectivity index (χ3v) is 1.89. The zero-order chi connectivity index (χ0) is 9.52. The van der Waals surface area contributed by atoms with Crippen molar-refractivity contribution in [2.45, 2.75) is 13.3 Å². The van der Waals surface area contributed by atoms with Crippen LogP contribution in [0.1, 0.15) is 18.1 Å². The average molecular weight is 177 g/mol. The quantitative estimate of drug-likeness (QED) is 0.715. The highest BCUT2D eigenvalue weighted by molar-refractivity contribution is 5.49. The van der Waals surface area contributed by atoms with Gasteiger partial charge in [0.15, 0.2) is 0 Å². The van der Waals surface area contributed by atoms with Gasteiger partial charge in [-0.1, -0.05) is 43.3 Å². The molecule has 70 valence electrons. The van der Waals surface area contributed by atoms with Crippen molar-refractivity contribution in [1.82, 2.24) is 0 Å². The molecule has 0 aliphatic rings. The first-order valence-electron chi connectivity index (χ1n) is 4.44. The van der Waals surface area contributed by atoms with Crippen LogP contribution in [0, 0.1) is 0 Å². The molecular formula is C11H15NO. The molecule has 0 aliphatic carbocycles. The summed E-state index contributed by atoms with van der Waals surface area (Å²) in [5, 5.41) is 0. The monoisotopic (exact) mass is 177 g/mol. The van der Waals surface area contributed by atoms with Crippen LogP contribution in [-0.4, -0.2) is 6.61 Å². The molecule has 2 N–H and O–H groups in total. The van der Waals surface area contributed by atoms with E-state index in [-0.39, 0.29) is 0 Å². The lowest BCUT2D eigenvalue weighted by Gasteiger charge is -1.96. The Hall–Kier alpha value is -1.12. The molecule has 0 fully saturated rings. The molecule has 0 atom stereocenters. The fraction of sp³-hybridized carbons (Fsp3) is 0.273. The first-order chi connectivity index (χ1) is 6.36. The summed E-state index contributed by atoms with van der Waals surface area (Å²) in [6.45, 7) is 2.60. The number of benzene rings is 1. The second-order valence-electron chi connectivity index (χ2n) is 2.83. The fourth-order valence-corrected chi connectivity index (χ4v) is 1.10. The molecule has 1 aromatic rings. The van der Waals surface area contributed by atoms with Crippen molar-refractivity contribution in [1.29, 1.82) is 0 Å². The van der Waals surface area contributed by atoms with Gasteiger partial charge in [0.2, 0.25) is 0 Å². The molecule has 0 spiro atoms. The van der Waals surface area contributed by atoms with Gasteiger partial charge < -0.3 is 4.84 Å². The van der Waals surface area contributed by atoms with E-state index < -0.39 is 0 Å². The number of hydrogen-bond donors (Lipinski definition) is 1. The van der Waals surface area contributed by atoms with Gasteiger partial charge >= 0.3 is 0 Å². The van der Waals surface area contributed by atoms with Crippen LogP contribution in [-0.2, 0) is 11.3 Å². The zero-order valence-electron chi connectivity index (χ0n) is 7.86. The van der Waals surface area contributed by atoms with Crippen LogP contribution in [0.25, 0.3) is 6.08 Å². The minimum atomic E-state index is 0.454. The topological polar surface area (TPSA) is 35.2 Å². The second kappa shape index (κ2) is 5.51. The molecule has 13 heavy (non-hydrogen) atoms. The molecule has 1 rings (SSSR count). The van der Waals surface area contributed by atoms with Crippen LogP contribution in [0.5, 0.6) is 0 Å². The Morgan fingerprint density at radius 2 is 2.00 bits per heavy atom. The van der Waals surface area contributed by atoms with Crippen molar-refractivity contribution in [3.63, 3.8) is 0 Å². The van der Waals surface area contributed by atoms with Crippen LogP contribution in [0.2, 0.25) is 0 Å². The van der Waals surface area contributed by atoms with Gasteiger partial charge in [-0.3, -0.25) is 0 Å². The van der Waals surface area contributed by atoms with Crippen LogP contribution in [0.4, 0.5) is 0 Å². The number of aryl methyl sites for hydroxylation is 1. The highest BCUT2D eigenvalue weighted by Crippen LogP contribution is 2.06. The van der Waals surface area contributed by atoms with E-state index in [1.54, 1.807) is 0 Å². The lowest BCUT2D eigenvalue weighted by Crippen LogP contribution is -1.96. The lowest BCUT2D eigenvalue weighted by molar-refractivity contribution is 0.168. The Kier molecular flexibility index (Phi) is 4.23. The maximum absolute atomic E-state index is 4.89. The van der Waals surface area contributed by atoms with Crippen molar-refractivity contribution >= 4 is 6.08 Å². The van der Waals surface area contributed by atoms with Crippen LogP contribution >= 0.6 is 0 Å². The summed E-state index contributed by atoms with van der Waals surface area (Å²) in [4.78, 5) is 4.42. The Bertz CT molecular complexity index is 264. The Balaban J connectivity index is 2.58. The molecule has 2 nitrogen and oxygen atoms in total. The highest BCUT2D eigenvalue weighted by Gasteiger charge is 1.88. The smallest absolute Gasteiger partial charge is 0.0864 e. The third-order valence-electron chi connectivity index (χ3n) is 1.89.